The molecule has 2 aliphatic heterocycles. The van der Waals surface area contributed by atoms with E-state index in [1.165, 1.54) is 5.56 Å². The van der Waals surface area contributed by atoms with Gasteiger partial charge in [0.05, 0.1) is 5.69 Å². The summed E-state index contributed by atoms with van der Waals surface area (Å²) in [7, 11) is 0. The molecule has 31 heavy (non-hydrogen) atoms. The highest BCUT2D eigenvalue weighted by molar-refractivity contribution is 6.44. The van der Waals surface area contributed by atoms with Crippen LogP contribution in [0.1, 0.15) is 31.1 Å². The van der Waals surface area contributed by atoms with Gasteiger partial charge in [0.1, 0.15) is 0 Å². The number of hydrogen-bond acceptors (Lipinski definition) is 6. The lowest BCUT2D eigenvalue weighted by atomic mass is 10.1. The van der Waals surface area contributed by atoms with Gasteiger partial charge >= 0.3 is 0 Å². The summed E-state index contributed by atoms with van der Waals surface area (Å²) in [5.74, 6) is 1.72. The van der Waals surface area contributed by atoms with Crippen molar-refractivity contribution in [3.05, 3.63) is 83.9 Å². The van der Waals surface area contributed by atoms with Crippen LogP contribution in [-0.4, -0.2) is 18.4 Å². The number of ether oxygens (including phenoxy) is 2. The third-order valence-electron chi connectivity index (χ3n) is 5.56. The summed E-state index contributed by atoms with van der Waals surface area (Å²) in [4.78, 5) is 14.6. The number of ketones is 1. The second-order valence-electron chi connectivity index (χ2n) is 7.54. The molecular weight excluding hydrogens is 390 g/mol. The van der Waals surface area contributed by atoms with Crippen LogP contribution in [-0.2, 0) is 11.2 Å². The van der Waals surface area contributed by atoms with Crippen LogP contribution in [0.2, 0.25) is 0 Å². The van der Waals surface area contributed by atoms with Gasteiger partial charge in [0, 0.05) is 18.2 Å². The molecule has 0 bridgehead atoms. The molecule has 0 N–H and O–H groups in total. The molecule has 6 nitrogen and oxygen atoms in total. The number of aryl methyl sites for hydroxylation is 1. The van der Waals surface area contributed by atoms with E-state index >= 15 is 0 Å². The number of carbonyl (C=O) groups excluding carboxylic acids is 1. The van der Waals surface area contributed by atoms with Crippen molar-refractivity contribution < 1.29 is 14.3 Å². The average Bonchev–Trinajstić information content (AvgIpc) is 3.44. The molecule has 0 aliphatic carbocycles. The van der Waals surface area contributed by atoms with E-state index < -0.39 is 0 Å². The molecule has 2 aliphatic rings. The van der Waals surface area contributed by atoms with Crippen molar-refractivity contribution in [2.75, 3.05) is 16.7 Å². The van der Waals surface area contributed by atoms with E-state index in [1.807, 2.05) is 70.6 Å². The fourth-order valence-electron chi connectivity index (χ4n) is 3.97. The normalized spacial score (nSPS) is 17.1. The Morgan fingerprint density at radius 2 is 1.71 bits per heavy atom. The predicted octanol–water partition coefficient (Wildman–Crippen LogP) is 4.91. The van der Waals surface area contributed by atoms with Gasteiger partial charge in [-0.15, -0.1) is 5.10 Å². The zero-order chi connectivity index (χ0) is 21.4. The van der Waals surface area contributed by atoms with E-state index in [0.29, 0.717) is 11.6 Å². The number of amidine groups is 1. The van der Waals surface area contributed by atoms with Gasteiger partial charge in [-0.2, -0.15) is 0 Å². The van der Waals surface area contributed by atoms with Crippen LogP contribution in [0, 0.1) is 0 Å². The van der Waals surface area contributed by atoms with Gasteiger partial charge in [0.25, 0.3) is 0 Å². The molecule has 1 unspecified atom stereocenters. The number of para-hydroxylation sites is 1. The molecule has 156 valence electrons. The topological polar surface area (TPSA) is 54.4 Å². The zero-order valence-electron chi connectivity index (χ0n) is 17.5. The van der Waals surface area contributed by atoms with Gasteiger partial charge in [-0.05, 0) is 48.4 Å². The Kier molecular flexibility index (Phi) is 4.82. The lowest BCUT2D eigenvalue weighted by molar-refractivity contribution is -0.111. The molecular formula is C25H23N3O3. The summed E-state index contributed by atoms with van der Waals surface area (Å²) >= 11 is 0. The van der Waals surface area contributed by atoms with Gasteiger partial charge in [-0.3, -0.25) is 9.69 Å². The molecule has 0 amide bonds. The Morgan fingerprint density at radius 3 is 2.42 bits per heavy atom. The van der Waals surface area contributed by atoms with Gasteiger partial charge in [0.2, 0.25) is 6.79 Å². The maximum atomic E-state index is 12.7. The van der Waals surface area contributed by atoms with Crippen LogP contribution in [0.5, 0.6) is 11.5 Å². The molecule has 2 heterocycles. The smallest absolute Gasteiger partial charge is 0.231 e. The second kappa shape index (κ2) is 7.80. The number of nitrogens with zero attached hydrogens (tertiary/aromatic N) is 3. The lowest BCUT2D eigenvalue weighted by Gasteiger charge is -2.32. The highest BCUT2D eigenvalue weighted by Crippen LogP contribution is 2.42. The molecule has 0 spiro atoms. The van der Waals surface area contributed by atoms with Crippen LogP contribution in [0.15, 0.2) is 77.9 Å². The van der Waals surface area contributed by atoms with Gasteiger partial charge in [-0.25, -0.2) is 5.01 Å². The van der Waals surface area contributed by atoms with Crippen molar-refractivity contribution in [3.63, 3.8) is 0 Å². The van der Waals surface area contributed by atoms with Crippen molar-refractivity contribution in [2.24, 2.45) is 5.10 Å². The first kappa shape index (κ1) is 19.2. The van der Waals surface area contributed by atoms with Crippen molar-refractivity contribution in [1.82, 2.24) is 0 Å². The van der Waals surface area contributed by atoms with Crippen LogP contribution >= 0.6 is 0 Å². The Hall–Kier alpha value is -3.80. The summed E-state index contributed by atoms with van der Waals surface area (Å²) < 4.78 is 11.1. The minimum atomic E-state index is -0.344. The van der Waals surface area contributed by atoms with E-state index in [-0.39, 0.29) is 18.7 Å². The number of benzene rings is 3. The highest BCUT2D eigenvalue weighted by Gasteiger charge is 2.39. The third kappa shape index (κ3) is 3.40. The number of anilines is 2. The van der Waals surface area contributed by atoms with E-state index in [1.54, 1.807) is 6.92 Å². The maximum Gasteiger partial charge on any atom is 0.231 e. The number of fused-ring (bicyclic) bond motifs is 1. The maximum absolute atomic E-state index is 12.7. The van der Waals surface area contributed by atoms with Crippen LogP contribution in [0.25, 0.3) is 0 Å². The minimum Gasteiger partial charge on any atom is -0.454 e. The highest BCUT2D eigenvalue weighted by atomic mass is 16.7. The second-order valence-corrected chi connectivity index (χ2v) is 7.54. The molecule has 0 aromatic heterocycles. The van der Waals surface area contributed by atoms with E-state index in [4.69, 9.17) is 14.6 Å². The fourth-order valence-corrected chi connectivity index (χ4v) is 3.97. The Labute approximate surface area is 181 Å². The van der Waals surface area contributed by atoms with E-state index in [2.05, 4.69) is 19.1 Å². The van der Waals surface area contributed by atoms with Crippen LogP contribution in [0.3, 0.4) is 0 Å². The molecule has 3 aromatic rings. The summed E-state index contributed by atoms with van der Waals surface area (Å²) in [6, 6.07) is 24.0. The van der Waals surface area contributed by atoms with Crippen LogP contribution in [0.4, 0.5) is 11.4 Å². The Balaban J connectivity index is 1.66. The van der Waals surface area contributed by atoms with Crippen molar-refractivity contribution >= 4 is 23.0 Å². The Morgan fingerprint density at radius 1 is 0.968 bits per heavy atom. The summed E-state index contributed by atoms with van der Waals surface area (Å²) in [6.45, 7) is 3.89. The summed E-state index contributed by atoms with van der Waals surface area (Å²) in [5.41, 5.74) is 4.00. The van der Waals surface area contributed by atoms with E-state index in [9.17, 15) is 4.79 Å². The molecule has 0 fully saturated rings. The zero-order valence-corrected chi connectivity index (χ0v) is 17.5. The monoisotopic (exact) mass is 413 g/mol. The van der Waals surface area contributed by atoms with Crippen molar-refractivity contribution in [2.45, 2.75) is 26.4 Å². The largest absolute Gasteiger partial charge is 0.454 e. The quantitative estimate of drug-likeness (QED) is 0.595. The molecule has 6 heteroatoms. The van der Waals surface area contributed by atoms with Crippen molar-refractivity contribution in [3.8, 4) is 11.5 Å². The third-order valence-corrected chi connectivity index (χ3v) is 5.56. The minimum absolute atomic E-state index is 0.0938. The SMILES string of the molecule is CCc1ccc(N2C(C(C)=O)=NN(c3ccccc3)C2c2ccc3c(c2)OCO3)cc1. The summed E-state index contributed by atoms with van der Waals surface area (Å²) in [5, 5.41) is 6.65. The van der Waals surface area contributed by atoms with E-state index in [0.717, 1.165) is 29.1 Å². The first-order valence-electron chi connectivity index (χ1n) is 10.4. The number of rotatable bonds is 5. The molecule has 0 radical (unpaired) electrons. The molecule has 5 rings (SSSR count). The fraction of sp³-hybridized carbons (Fsp3) is 0.200. The number of hydrazone groups is 1. The van der Waals surface area contributed by atoms with Gasteiger partial charge < -0.3 is 9.47 Å². The van der Waals surface area contributed by atoms with Gasteiger partial charge in [0.15, 0.2) is 29.3 Å². The predicted molar refractivity (Wildman–Crippen MR) is 121 cm³/mol. The molecule has 0 saturated carbocycles. The summed E-state index contributed by atoms with van der Waals surface area (Å²) in [6.07, 6.45) is 0.610. The molecule has 0 saturated heterocycles. The lowest BCUT2D eigenvalue weighted by Crippen LogP contribution is -2.37. The average molecular weight is 413 g/mol. The Bertz CT molecular complexity index is 1140. The van der Waals surface area contributed by atoms with Crippen molar-refractivity contribution in [1.29, 1.82) is 0 Å². The first-order valence-corrected chi connectivity index (χ1v) is 10.4. The first-order chi connectivity index (χ1) is 15.2. The molecule has 3 aromatic carbocycles. The number of Topliss-reactive ketones (excluding diaryl/α,β-unsaturated/α-hetero) is 1. The molecule has 1 atom stereocenters. The van der Waals surface area contributed by atoms with Gasteiger partial charge in [-0.1, -0.05) is 43.3 Å². The number of hydrogen-bond donors (Lipinski definition) is 0. The number of carbonyl (C=O) groups is 1. The standard InChI is InChI=1S/C25H23N3O3/c1-3-18-9-12-20(13-10-18)27-24(17(2)29)26-28(21-7-5-4-6-8-21)25(27)19-11-14-22-23(15-19)31-16-30-22/h4-15,25H,3,16H2,1-2H3. The van der Waals surface area contributed by atoms with Crippen LogP contribution < -0.4 is 19.4 Å².